The third kappa shape index (κ3) is 4.23. The average molecular weight is 304 g/mol. The molecule has 0 aliphatic heterocycles. The summed E-state index contributed by atoms with van der Waals surface area (Å²) in [5.41, 5.74) is 0.643. The number of carbonyl (C=O) groups is 2. The van der Waals surface area contributed by atoms with Crippen LogP contribution in [-0.4, -0.2) is 35.9 Å². The number of rotatable bonds is 6. The highest BCUT2D eigenvalue weighted by Crippen LogP contribution is 2.25. The molecule has 1 aromatic rings. The number of ether oxygens (including phenoxy) is 1. The van der Waals surface area contributed by atoms with Crippen molar-refractivity contribution in [2.45, 2.75) is 45.6 Å². The van der Waals surface area contributed by atoms with Crippen LogP contribution in [0.1, 0.15) is 39.5 Å². The second-order valence-electron chi connectivity index (χ2n) is 5.56. The number of para-hydroxylation sites is 2. The number of nitrogens with zero attached hydrogens (tertiary/aromatic N) is 1. The minimum absolute atomic E-state index is 0.0415. The van der Waals surface area contributed by atoms with Crippen molar-refractivity contribution in [2.24, 2.45) is 0 Å². The van der Waals surface area contributed by atoms with Crippen LogP contribution in [0.3, 0.4) is 0 Å². The summed E-state index contributed by atoms with van der Waals surface area (Å²) in [6, 6.07) is 7.53. The number of hydrogen-bond donors (Lipinski definition) is 1. The van der Waals surface area contributed by atoms with Gasteiger partial charge in [0, 0.05) is 13.0 Å². The van der Waals surface area contributed by atoms with Gasteiger partial charge in [0.25, 0.3) is 0 Å². The zero-order chi connectivity index (χ0) is 15.9. The van der Waals surface area contributed by atoms with Crippen LogP contribution in [0.5, 0.6) is 5.75 Å². The van der Waals surface area contributed by atoms with Gasteiger partial charge in [0.1, 0.15) is 12.3 Å². The molecule has 0 radical (unpaired) electrons. The van der Waals surface area contributed by atoms with Gasteiger partial charge in [0.15, 0.2) is 0 Å². The van der Waals surface area contributed by atoms with Gasteiger partial charge in [-0.25, -0.2) is 0 Å². The molecule has 0 atom stereocenters. The van der Waals surface area contributed by atoms with Crippen molar-refractivity contribution in [2.75, 3.05) is 18.5 Å². The molecule has 0 unspecified atom stereocenters. The Balaban J connectivity index is 2.00. The number of anilines is 1. The molecule has 0 spiro atoms. The van der Waals surface area contributed by atoms with Gasteiger partial charge in [-0.1, -0.05) is 25.0 Å². The molecular formula is C17H24N2O3. The Labute approximate surface area is 131 Å². The minimum Gasteiger partial charge on any atom is -0.492 e. The lowest BCUT2D eigenvalue weighted by atomic mass is 10.2. The third-order valence-corrected chi connectivity index (χ3v) is 3.94. The Morgan fingerprint density at radius 3 is 2.59 bits per heavy atom. The summed E-state index contributed by atoms with van der Waals surface area (Å²) < 4.78 is 5.49. The van der Waals surface area contributed by atoms with Gasteiger partial charge in [-0.2, -0.15) is 0 Å². The van der Waals surface area contributed by atoms with Crippen LogP contribution in [0.15, 0.2) is 24.3 Å². The Hall–Kier alpha value is -2.04. The second kappa shape index (κ2) is 7.82. The summed E-state index contributed by atoms with van der Waals surface area (Å²) in [4.78, 5) is 25.8. The first-order chi connectivity index (χ1) is 10.6. The lowest BCUT2D eigenvalue weighted by Gasteiger charge is -2.27. The summed E-state index contributed by atoms with van der Waals surface area (Å²) in [6.07, 6.45) is 4.23. The maximum atomic E-state index is 12.3. The van der Waals surface area contributed by atoms with Crippen molar-refractivity contribution in [1.29, 1.82) is 0 Å². The number of carbonyl (C=O) groups excluding carboxylic acids is 2. The SMILES string of the molecule is CCOc1ccccc1NC(=O)CN(C(C)=O)C1CCCC1. The third-order valence-electron chi connectivity index (χ3n) is 3.94. The summed E-state index contributed by atoms with van der Waals surface area (Å²) in [5, 5.41) is 2.85. The van der Waals surface area contributed by atoms with E-state index in [9.17, 15) is 9.59 Å². The van der Waals surface area contributed by atoms with E-state index < -0.39 is 0 Å². The molecule has 1 aromatic carbocycles. The predicted octanol–water partition coefficient (Wildman–Crippen LogP) is 2.81. The Kier molecular flexibility index (Phi) is 5.81. The number of hydrogen-bond acceptors (Lipinski definition) is 3. The molecule has 0 saturated heterocycles. The first-order valence-corrected chi connectivity index (χ1v) is 7.90. The van der Waals surface area contributed by atoms with Crippen LogP contribution in [0, 0.1) is 0 Å². The van der Waals surface area contributed by atoms with E-state index in [0.717, 1.165) is 25.7 Å². The molecule has 2 rings (SSSR count). The van der Waals surface area contributed by atoms with E-state index in [2.05, 4.69) is 5.32 Å². The van der Waals surface area contributed by atoms with E-state index in [1.165, 1.54) is 6.92 Å². The summed E-state index contributed by atoms with van der Waals surface area (Å²) in [7, 11) is 0. The highest BCUT2D eigenvalue weighted by atomic mass is 16.5. The molecule has 1 fully saturated rings. The quantitative estimate of drug-likeness (QED) is 0.879. The summed E-state index contributed by atoms with van der Waals surface area (Å²) in [6.45, 7) is 4.06. The molecule has 5 heteroatoms. The van der Waals surface area contributed by atoms with Crippen LogP contribution in [0.4, 0.5) is 5.69 Å². The van der Waals surface area contributed by atoms with Crippen molar-refractivity contribution in [3.63, 3.8) is 0 Å². The first-order valence-electron chi connectivity index (χ1n) is 7.90. The monoisotopic (exact) mass is 304 g/mol. The Bertz CT molecular complexity index is 524. The van der Waals surface area contributed by atoms with Crippen LogP contribution in [0.2, 0.25) is 0 Å². The number of benzene rings is 1. The molecular weight excluding hydrogens is 280 g/mol. The van der Waals surface area contributed by atoms with Gasteiger partial charge in [0.2, 0.25) is 11.8 Å². The normalized spacial score (nSPS) is 14.6. The molecule has 0 bridgehead atoms. The smallest absolute Gasteiger partial charge is 0.244 e. The Morgan fingerprint density at radius 1 is 1.27 bits per heavy atom. The van der Waals surface area contributed by atoms with Gasteiger partial charge in [-0.05, 0) is 31.9 Å². The predicted molar refractivity (Wildman–Crippen MR) is 85.9 cm³/mol. The van der Waals surface area contributed by atoms with E-state index >= 15 is 0 Å². The largest absolute Gasteiger partial charge is 0.492 e. The first kappa shape index (κ1) is 16.3. The number of nitrogens with one attached hydrogen (secondary N) is 1. The van der Waals surface area contributed by atoms with Crippen molar-refractivity contribution < 1.29 is 14.3 Å². The zero-order valence-corrected chi connectivity index (χ0v) is 13.3. The fourth-order valence-electron chi connectivity index (χ4n) is 2.91. The molecule has 0 aromatic heterocycles. The fraction of sp³-hybridized carbons (Fsp3) is 0.529. The van der Waals surface area contributed by atoms with E-state index in [1.54, 1.807) is 11.0 Å². The van der Waals surface area contributed by atoms with Gasteiger partial charge < -0.3 is 15.0 Å². The van der Waals surface area contributed by atoms with Crippen molar-refractivity contribution >= 4 is 17.5 Å². The van der Waals surface area contributed by atoms with Crippen LogP contribution < -0.4 is 10.1 Å². The molecule has 1 aliphatic rings. The van der Waals surface area contributed by atoms with Crippen molar-refractivity contribution in [3.8, 4) is 5.75 Å². The van der Waals surface area contributed by atoms with Gasteiger partial charge in [0.05, 0.1) is 12.3 Å². The van der Waals surface area contributed by atoms with Crippen LogP contribution in [-0.2, 0) is 9.59 Å². The standard InChI is InChI=1S/C17H24N2O3/c1-3-22-16-11-7-6-10-15(16)18-17(21)12-19(13(2)20)14-8-4-5-9-14/h6-7,10-11,14H,3-5,8-9,12H2,1-2H3,(H,18,21). The van der Waals surface area contributed by atoms with Crippen LogP contribution >= 0.6 is 0 Å². The van der Waals surface area contributed by atoms with E-state index in [0.29, 0.717) is 18.0 Å². The summed E-state index contributed by atoms with van der Waals surface area (Å²) in [5.74, 6) is 0.419. The maximum Gasteiger partial charge on any atom is 0.244 e. The van der Waals surface area contributed by atoms with E-state index in [4.69, 9.17) is 4.74 Å². The summed E-state index contributed by atoms with van der Waals surface area (Å²) >= 11 is 0. The lowest BCUT2D eigenvalue weighted by molar-refractivity contribution is -0.135. The topological polar surface area (TPSA) is 58.6 Å². The van der Waals surface area contributed by atoms with Crippen LogP contribution in [0.25, 0.3) is 0 Å². The van der Waals surface area contributed by atoms with E-state index in [1.807, 2.05) is 25.1 Å². The second-order valence-corrected chi connectivity index (χ2v) is 5.56. The van der Waals surface area contributed by atoms with Gasteiger partial charge in [-0.3, -0.25) is 9.59 Å². The molecule has 0 heterocycles. The Morgan fingerprint density at radius 2 is 1.95 bits per heavy atom. The minimum atomic E-state index is -0.186. The molecule has 22 heavy (non-hydrogen) atoms. The molecule has 5 nitrogen and oxygen atoms in total. The lowest BCUT2D eigenvalue weighted by Crippen LogP contribution is -2.42. The zero-order valence-electron chi connectivity index (χ0n) is 13.3. The van der Waals surface area contributed by atoms with Crippen molar-refractivity contribution in [3.05, 3.63) is 24.3 Å². The number of amides is 2. The molecule has 1 aliphatic carbocycles. The van der Waals surface area contributed by atoms with E-state index in [-0.39, 0.29) is 24.4 Å². The van der Waals surface area contributed by atoms with Gasteiger partial charge in [-0.15, -0.1) is 0 Å². The van der Waals surface area contributed by atoms with Crippen molar-refractivity contribution in [1.82, 2.24) is 4.90 Å². The molecule has 1 saturated carbocycles. The molecule has 1 N–H and O–H groups in total. The maximum absolute atomic E-state index is 12.3. The fourth-order valence-corrected chi connectivity index (χ4v) is 2.91. The molecule has 2 amide bonds. The highest BCUT2D eigenvalue weighted by molar-refractivity contribution is 5.95. The average Bonchev–Trinajstić information content (AvgIpc) is 3.01. The highest BCUT2D eigenvalue weighted by Gasteiger charge is 2.26. The molecule has 120 valence electrons. The van der Waals surface area contributed by atoms with Gasteiger partial charge >= 0.3 is 0 Å².